The van der Waals surface area contributed by atoms with Crippen LogP contribution < -0.4 is 4.74 Å². The number of hydrogen-bond acceptors (Lipinski definition) is 3. The number of nitrogens with zero attached hydrogens (tertiary/aromatic N) is 2. The lowest BCUT2D eigenvalue weighted by molar-refractivity contribution is 0.102. The SMILES string of the molecule is COc1cc(Br)ccc1C(=O)c1ccnn1C. The van der Waals surface area contributed by atoms with Gasteiger partial charge in [0.1, 0.15) is 11.4 Å². The lowest BCUT2D eigenvalue weighted by Crippen LogP contribution is -2.09. The normalized spacial score (nSPS) is 10.3. The standard InChI is InChI=1S/C12H11BrN2O2/c1-15-10(5-6-14-15)12(16)9-4-3-8(13)7-11(9)17-2/h3-7H,1-2H3. The molecular weight excluding hydrogens is 284 g/mol. The Kier molecular flexibility index (Phi) is 3.28. The zero-order valence-corrected chi connectivity index (χ0v) is 11.1. The van der Waals surface area contributed by atoms with Gasteiger partial charge < -0.3 is 4.74 Å². The van der Waals surface area contributed by atoms with Crippen LogP contribution in [0.1, 0.15) is 16.1 Å². The topological polar surface area (TPSA) is 44.1 Å². The van der Waals surface area contributed by atoms with Crippen molar-refractivity contribution in [2.45, 2.75) is 0 Å². The van der Waals surface area contributed by atoms with Crippen molar-refractivity contribution in [3.63, 3.8) is 0 Å². The van der Waals surface area contributed by atoms with Crippen molar-refractivity contribution in [2.75, 3.05) is 7.11 Å². The summed E-state index contributed by atoms with van der Waals surface area (Å²) in [5.41, 5.74) is 1.06. The monoisotopic (exact) mass is 294 g/mol. The fraction of sp³-hybridized carbons (Fsp3) is 0.167. The third kappa shape index (κ3) is 2.24. The van der Waals surface area contributed by atoms with Gasteiger partial charge in [0, 0.05) is 17.7 Å². The van der Waals surface area contributed by atoms with Gasteiger partial charge >= 0.3 is 0 Å². The summed E-state index contributed by atoms with van der Waals surface area (Å²) in [5.74, 6) is 0.444. The summed E-state index contributed by atoms with van der Waals surface area (Å²) in [6.07, 6.45) is 1.60. The predicted octanol–water partition coefficient (Wildman–Crippen LogP) is 2.42. The highest BCUT2D eigenvalue weighted by Gasteiger charge is 2.17. The number of rotatable bonds is 3. The summed E-state index contributed by atoms with van der Waals surface area (Å²) in [7, 11) is 3.28. The van der Waals surface area contributed by atoms with E-state index in [0.29, 0.717) is 17.0 Å². The number of carbonyl (C=O) groups excluding carboxylic acids is 1. The van der Waals surface area contributed by atoms with Crippen LogP contribution in [0, 0.1) is 0 Å². The minimum absolute atomic E-state index is 0.102. The highest BCUT2D eigenvalue weighted by Crippen LogP contribution is 2.25. The van der Waals surface area contributed by atoms with E-state index in [0.717, 1.165) is 4.47 Å². The van der Waals surface area contributed by atoms with Gasteiger partial charge in [-0.3, -0.25) is 9.48 Å². The van der Waals surface area contributed by atoms with Crippen LogP contribution in [0.4, 0.5) is 0 Å². The first-order valence-corrected chi connectivity index (χ1v) is 5.79. The number of ketones is 1. The second kappa shape index (κ2) is 4.71. The van der Waals surface area contributed by atoms with Crippen molar-refractivity contribution in [3.8, 4) is 5.75 Å². The zero-order chi connectivity index (χ0) is 12.4. The molecule has 88 valence electrons. The third-order valence-corrected chi connectivity index (χ3v) is 2.96. The summed E-state index contributed by atoms with van der Waals surface area (Å²) in [6, 6.07) is 7.00. The number of aromatic nitrogens is 2. The molecule has 0 amide bonds. The molecular formula is C12H11BrN2O2. The molecule has 0 aliphatic heterocycles. The number of methoxy groups -OCH3 is 1. The van der Waals surface area contributed by atoms with E-state index in [1.165, 1.54) is 0 Å². The number of hydrogen-bond donors (Lipinski definition) is 0. The number of ether oxygens (including phenoxy) is 1. The van der Waals surface area contributed by atoms with E-state index in [2.05, 4.69) is 21.0 Å². The average molecular weight is 295 g/mol. The molecule has 1 heterocycles. The molecule has 0 N–H and O–H groups in total. The van der Waals surface area contributed by atoms with Crippen LogP contribution in [0.15, 0.2) is 34.9 Å². The predicted molar refractivity (Wildman–Crippen MR) is 67.3 cm³/mol. The number of aryl methyl sites for hydroxylation is 1. The van der Waals surface area contributed by atoms with Crippen LogP contribution in [0.2, 0.25) is 0 Å². The Balaban J connectivity index is 2.48. The second-order valence-electron chi connectivity index (χ2n) is 3.51. The first kappa shape index (κ1) is 11.9. The molecule has 0 aliphatic rings. The van der Waals surface area contributed by atoms with Crippen molar-refractivity contribution in [2.24, 2.45) is 7.05 Å². The van der Waals surface area contributed by atoms with Crippen molar-refractivity contribution < 1.29 is 9.53 Å². The van der Waals surface area contributed by atoms with Crippen LogP contribution in [-0.4, -0.2) is 22.7 Å². The van der Waals surface area contributed by atoms with Crippen LogP contribution in [0.5, 0.6) is 5.75 Å². The van der Waals surface area contributed by atoms with Gasteiger partial charge in [-0.05, 0) is 24.3 Å². The third-order valence-electron chi connectivity index (χ3n) is 2.46. The highest BCUT2D eigenvalue weighted by atomic mass is 79.9. The first-order valence-electron chi connectivity index (χ1n) is 4.99. The molecule has 0 saturated carbocycles. The first-order chi connectivity index (χ1) is 8.13. The highest BCUT2D eigenvalue weighted by molar-refractivity contribution is 9.10. The minimum atomic E-state index is -0.102. The molecule has 1 aromatic heterocycles. The number of halogens is 1. The fourth-order valence-corrected chi connectivity index (χ4v) is 1.93. The molecule has 2 aromatic rings. The molecule has 0 saturated heterocycles. The van der Waals surface area contributed by atoms with Crippen LogP contribution in [-0.2, 0) is 7.05 Å². The van der Waals surface area contributed by atoms with Gasteiger partial charge in [-0.2, -0.15) is 5.10 Å². The van der Waals surface area contributed by atoms with Gasteiger partial charge in [-0.25, -0.2) is 0 Å². The molecule has 0 radical (unpaired) electrons. The van der Waals surface area contributed by atoms with Crippen LogP contribution >= 0.6 is 15.9 Å². The summed E-state index contributed by atoms with van der Waals surface area (Å²) < 4.78 is 7.62. The molecule has 0 aliphatic carbocycles. The maximum atomic E-state index is 12.3. The lowest BCUT2D eigenvalue weighted by Gasteiger charge is -2.08. The molecule has 0 atom stereocenters. The molecule has 0 fully saturated rings. The van der Waals surface area contributed by atoms with Crippen molar-refractivity contribution in [1.82, 2.24) is 9.78 Å². The number of carbonyl (C=O) groups is 1. The Labute approximate surface area is 107 Å². The lowest BCUT2D eigenvalue weighted by atomic mass is 10.1. The second-order valence-corrected chi connectivity index (χ2v) is 4.43. The maximum absolute atomic E-state index is 12.3. The number of benzene rings is 1. The molecule has 5 heteroatoms. The Morgan fingerprint density at radius 1 is 1.41 bits per heavy atom. The Bertz CT molecular complexity index is 563. The van der Waals surface area contributed by atoms with E-state index in [1.807, 2.05) is 6.07 Å². The Morgan fingerprint density at radius 2 is 2.18 bits per heavy atom. The van der Waals surface area contributed by atoms with Crippen molar-refractivity contribution in [1.29, 1.82) is 0 Å². The average Bonchev–Trinajstić information content (AvgIpc) is 2.74. The van der Waals surface area contributed by atoms with Gasteiger partial charge in [0.25, 0.3) is 0 Å². The van der Waals surface area contributed by atoms with Gasteiger partial charge in [0.05, 0.1) is 12.7 Å². The van der Waals surface area contributed by atoms with Crippen molar-refractivity contribution >= 4 is 21.7 Å². The van der Waals surface area contributed by atoms with Crippen molar-refractivity contribution in [3.05, 3.63) is 46.2 Å². The molecule has 0 unspecified atom stereocenters. The molecule has 1 aromatic carbocycles. The molecule has 17 heavy (non-hydrogen) atoms. The van der Waals surface area contributed by atoms with Crippen LogP contribution in [0.25, 0.3) is 0 Å². The summed E-state index contributed by atoms with van der Waals surface area (Å²) in [4.78, 5) is 12.3. The van der Waals surface area contributed by atoms with E-state index < -0.39 is 0 Å². The van der Waals surface area contributed by atoms with Gasteiger partial charge in [0.15, 0.2) is 0 Å². The summed E-state index contributed by atoms with van der Waals surface area (Å²) in [5, 5.41) is 3.98. The van der Waals surface area contributed by atoms with E-state index in [-0.39, 0.29) is 5.78 Å². The van der Waals surface area contributed by atoms with E-state index >= 15 is 0 Å². The fourth-order valence-electron chi connectivity index (χ4n) is 1.59. The largest absolute Gasteiger partial charge is 0.496 e. The Hall–Kier alpha value is -1.62. The van der Waals surface area contributed by atoms with Gasteiger partial charge in [-0.1, -0.05) is 15.9 Å². The van der Waals surface area contributed by atoms with Gasteiger partial charge in [-0.15, -0.1) is 0 Å². The summed E-state index contributed by atoms with van der Waals surface area (Å²) >= 11 is 3.34. The van der Waals surface area contributed by atoms with Crippen LogP contribution in [0.3, 0.4) is 0 Å². The quantitative estimate of drug-likeness (QED) is 0.817. The van der Waals surface area contributed by atoms with E-state index in [9.17, 15) is 4.79 Å². The van der Waals surface area contributed by atoms with E-state index in [4.69, 9.17) is 4.74 Å². The van der Waals surface area contributed by atoms with Gasteiger partial charge in [0.2, 0.25) is 5.78 Å². The Morgan fingerprint density at radius 3 is 2.76 bits per heavy atom. The maximum Gasteiger partial charge on any atom is 0.214 e. The minimum Gasteiger partial charge on any atom is -0.496 e. The molecule has 2 rings (SSSR count). The molecule has 0 spiro atoms. The molecule has 0 bridgehead atoms. The van der Waals surface area contributed by atoms with E-state index in [1.54, 1.807) is 43.2 Å². The smallest absolute Gasteiger partial charge is 0.214 e. The molecule has 4 nitrogen and oxygen atoms in total. The summed E-state index contributed by atoms with van der Waals surface area (Å²) in [6.45, 7) is 0. The zero-order valence-electron chi connectivity index (χ0n) is 9.48.